The van der Waals surface area contributed by atoms with Crippen molar-refractivity contribution in [2.45, 2.75) is 39.3 Å². The zero-order valence-electron chi connectivity index (χ0n) is 10.00. The molecule has 92 valence electrons. The molecular weight excluding hydrogens is 288 g/mol. The second kappa shape index (κ2) is 7.37. The third-order valence-electron chi connectivity index (χ3n) is 2.09. The second-order valence-electron chi connectivity index (χ2n) is 3.95. The summed E-state index contributed by atoms with van der Waals surface area (Å²) in [4.78, 5) is 4.32. The fraction of sp³-hybridized carbons (Fsp3) is 0.727. The molecule has 1 atom stereocenters. The van der Waals surface area contributed by atoms with Gasteiger partial charge < -0.3 is 10.1 Å². The van der Waals surface area contributed by atoms with Crippen molar-refractivity contribution >= 4 is 27.3 Å². The molecular formula is C11H19BrN2OS. The highest BCUT2D eigenvalue weighted by molar-refractivity contribution is 9.11. The van der Waals surface area contributed by atoms with Crippen molar-refractivity contribution in [2.24, 2.45) is 0 Å². The van der Waals surface area contributed by atoms with Crippen LogP contribution in [0.25, 0.3) is 0 Å². The molecule has 0 aliphatic heterocycles. The zero-order valence-corrected chi connectivity index (χ0v) is 12.4. The van der Waals surface area contributed by atoms with E-state index in [1.54, 1.807) is 11.3 Å². The molecule has 1 aromatic rings. The largest absolute Gasteiger partial charge is 0.379 e. The lowest BCUT2D eigenvalue weighted by atomic mass is 10.3. The van der Waals surface area contributed by atoms with Gasteiger partial charge in [-0.2, -0.15) is 0 Å². The molecule has 0 fully saturated rings. The predicted octanol–water partition coefficient (Wildman–Crippen LogP) is 3.37. The third kappa shape index (κ3) is 5.39. The van der Waals surface area contributed by atoms with E-state index in [4.69, 9.17) is 4.74 Å². The Kier molecular flexibility index (Phi) is 6.49. The molecule has 5 heteroatoms. The van der Waals surface area contributed by atoms with E-state index in [2.05, 4.69) is 47.0 Å². The van der Waals surface area contributed by atoms with Gasteiger partial charge in [0.2, 0.25) is 0 Å². The number of hydrogen-bond donors (Lipinski definition) is 1. The minimum Gasteiger partial charge on any atom is -0.379 e. The Hall–Kier alpha value is 0.0300. The van der Waals surface area contributed by atoms with E-state index in [1.165, 1.54) is 0 Å². The van der Waals surface area contributed by atoms with Crippen LogP contribution in [0.15, 0.2) is 9.98 Å². The summed E-state index contributed by atoms with van der Waals surface area (Å²) in [6.45, 7) is 8.03. The number of hydrogen-bond acceptors (Lipinski definition) is 4. The van der Waals surface area contributed by atoms with E-state index in [9.17, 15) is 0 Å². The van der Waals surface area contributed by atoms with E-state index < -0.39 is 0 Å². The molecule has 0 aliphatic carbocycles. The number of aromatic nitrogens is 1. The van der Waals surface area contributed by atoms with Crippen molar-refractivity contribution in [1.82, 2.24) is 10.3 Å². The van der Waals surface area contributed by atoms with Gasteiger partial charge in [-0.3, -0.25) is 0 Å². The van der Waals surface area contributed by atoms with Crippen molar-refractivity contribution in [2.75, 3.05) is 13.2 Å². The lowest BCUT2D eigenvalue weighted by molar-refractivity contribution is 0.0768. The average molecular weight is 307 g/mol. The van der Waals surface area contributed by atoms with Crippen LogP contribution < -0.4 is 5.32 Å². The third-order valence-corrected chi connectivity index (χ3v) is 3.75. The van der Waals surface area contributed by atoms with Crippen LogP contribution in [0.4, 0.5) is 0 Å². The fourth-order valence-corrected chi connectivity index (χ4v) is 2.53. The summed E-state index contributed by atoms with van der Waals surface area (Å²) in [5, 5.41) is 4.55. The molecule has 0 amide bonds. The molecule has 0 spiro atoms. The van der Waals surface area contributed by atoms with Gasteiger partial charge in [-0.15, -0.1) is 11.3 Å². The molecule has 1 rings (SSSR count). The Labute approximate surface area is 110 Å². The molecule has 0 saturated heterocycles. The number of rotatable bonds is 7. The number of nitrogens with one attached hydrogen (secondary N) is 1. The molecule has 0 saturated carbocycles. The maximum atomic E-state index is 5.47. The standard InChI is InChI=1S/C11H19BrN2OS/c1-8(2)15-6-4-5-13-9(3)11-14-7-10(12)16-11/h7-9,13H,4-6H2,1-3H3. The summed E-state index contributed by atoms with van der Waals surface area (Å²) in [6.07, 6.45) is 3.21. The van der Waals surface area contributed by atoms with Gasteiger partial charge in [0.25, 0.3) is 0 Å². The van der Waals surface area contributed by atoms with Crippen LogP contribution >= 0.6 is 27.3 Å². The Bertz CT molecular complexity index is 304. The van der Waals surface area contributed by atoms with Gasteiger partial charge in [0, 0.05) is 6.61 Å². The minimum absolute atomic E-state index is 0.315. The summed E-state index contributed by atoms with van der Waals surface area (Å²) in [7, 11) is 0. The molecule has 0 aliphatic rings. The Morgan fingerprint density at radius 2 is 2.25 bits per heavy atom. The number of thiazole rings is 1. The zero-order chi connectivity index (χ0) is 12.0. The molecule has 0 bridgehead atoms. The maximum absolute atomic E-state index is 5.47. The summed E-state index contributed by atoms with van der Waals surface area (Å²) < 4.78 is 6.56. The van der Waals surface area contributed by atoms with Crippen LogP contribution in [0.5, 0.6) is 0 Å². The SMILES string of the molecule is CC(C)OCCCNC(C)c1ncc(Br)s1. The highest BCUT2D eigenvalue weighted by atomic mass is 79.9. The molecule has 1 heterocycles. The first kappa shape index (κ1) is 14.1. The quantitative estimate of drug-likeness (QED) is 0.784. The highest BCUT2D eigenvalue weighted by Gasteiger charge is 2.08. The van der Waals surface area contributed by atoms with Gasteiger partial charge in [0.1, 0.15) is 5.01 Å². The van der Waals surface area contributed by atoms with Gasteiger partial charge in [-0.1, -0.05) is 0 Å². The number of halogens is 1. The summed E-state index contributed by atoms with van der Waals surface area (Å²) in [5.74, 6) is 0. The minimum atomic E-state index is 0.315. The van der Waals surface area contributed by atoms with Crippen LogP contribution in [0.3, 0.4) is 0 Å². The van der Waals surface area contributed by atoms with E-state index in [0.29, 0.717) is 12.1 Å². The molecule has 0 aromatic carbocycles. The molecule has 1 unspecified atom stereocenters. The van der Waals surface area contributed by atoms with Gasteiger partial charge in [-0.05, 0) is 49.7 Å². The summed E-state index contributed by atoms with van der Waals surface area (Å²) >= 11 is 5.09. The predicted molar refractivity (Wildman–Crippen MR) is 71.9 cm³/mol. The maximum Gasteiger partial charge on any atom is 0.110 e. The van der Waals surface area contributed by atoms with Gasteiger partial charge in [0.05, 0.1) is 22.1 Å². The van der Waals surface area contributed by atoms with Crippen LogP contribution in [-0.4, -0.2) is 24.2 Å². The van der Waals surface area contributed by atoms with Crippen molar-refractivity contribution in [3.8, 4) is 0 Å². The summed E-state index contributed by atoms with van der Waals surface area (Å²) in [6, 6.07) is 0.315. The van der Waals surface area contributed by atoms with Gasteiger partial charge >= 0.3 is 0 Å². The molecule has 3 nitrogen and oxygen atoms in total. The van der Waals surface area contributed by atoms with E-state index in [0.717, 1.165) is 28.4 Å². The Balaban J connectivity index is 2.13. The van der Waals surface area contributed by atoms with Crippen molar-refractivity contribution in [3.63, 3.8) is 0 Å². The van der Waals surface area contributed by atoms with Crippen LogP contribution in [-0.2, 0) is 4.74 Å². The normalized spacial score (nSPS) is 13.3. The van der Waals surface area contributed by atoms with Crippen molar-refractivity contribution in [1.29, 1.82) is 0 Å². The van der Waals surface area contributed by atoms with Crippen molar-refractivity contribution in [3.05, 3.63) is 15.0 Å². The summed E-state index contributed by atoms with van der Waals surface area (Å²) in [5.41, 5.74) is 0. The lowest BCUT2D eigenvalue weighted by Crippen LogP contribution is -2.21. The molecule has 1 N–H and O–H groups in total. The van der Waals surface area contributed by atoms with E-state index in [1.807, 2.05) is 6.20 Å². The van der Waals surface area contributed by atoms with Gasteiger partial charge in [-0.25, -0.2) is 4.98 Å². The van der Waals surface area contributed by atoms with Crippen LogP contribution in [0.1, 0.15) is 38.2 Å². The highest BCUT2D eigenvalue weighted by Crippen LogP contribution is 2.23. The van der Waals surface area contributed by atoms with Crippen LogP contribution in [0.2, 0.25) is 0 Å². The number of nitrogens with zero attached hydrogens (tertiary/aromatic N) is 1. The smallest absolute Gasteiger partial charge is 0.110 e. The van der Waals surface area contributed by atoms with Crippen molar-refractivity contribution < 1.29 is 4.74 Å². The first-order valence-corrected chi connectivity index (χ1v) is 7.16. The monoisotopic (exact) mass is 306 g/mol. The average Bonchev–Trinajstić information content (AvgIpc) is 2.63. The topological polar surface area (TPSA) is 34.1 Å². The number of ether oxygens (including phenoxy) is 1. The van der Waals surface area contributed by atoms with E-state index in [-0.39, 0.29) is 0 Å². The van der Waals surface area contributed by atoms with Gasteiger partial charge in [0.15, 0.2) is 0 Å². The fourth-order valence-electron chi connectivity index (χ4n) is 1.26. The molecule has 0 radical (unpaired) electrons. The Morgan fingerprint density at radius 3 is 2.81 bits per heavy atom. The van der Waals surface area contributed by atoms with E-state index >= 15 is 0 Å². The molecule has 16 heavy (non-hydrogen) atoms. The first-order valence-electron chi connectivity index (χ1n) is 5.56. The first-order chi connectivity index (χ1) is 7.59. The van der Waals surface area contributed by atoms with Crippen LogP contribution in [0, 0.1) is 0 Å². The lowest BCUT2D eigenvalue weighted by Gasteiger charge is -2.11. The Morgan fingerprint density at radius 1 is 1.50 bits per heavy atom. The second-order valence-corrected chi connectivity index (χ2v) is 6.39. The molecule has 1 aromatic heterocycles.